The summed E-state index contributed by atoms with van der Waals surface area (Å²) in [6.45, 7) is 2.54. The van der Waals surface area contributed by atoms with Crippen molar-refractivity contribution in [2.24, 2.45) is 5.92 Å². The normalized spacial score (nSPS) is 28.0. The van der Waals surface area contributed by atoms with Crippen LogP contribution in [-0.4, -0.2) is 83.5 Å². The summed E-state index contributed by atoms with van der Waals surface area (Å²) in [5, 5.41) is 3.34. The zero-order chi connectivity index (χ0) is 18.2. The van der Waals surface area contributed by atoms with Gasteiger partial charge < -0.3 is 14.4 Å². The molecule has 26 heavy (non-hydrogen) atoms. The third-order valence-corrected chi connectivity index (χ3v) is 7.75. The number of carbonyl (C=O) groups excluding carboxylic acids is 1. The number of hydrogen-bond donors (Lipinski definition) is 0. The molecule has 10 heteroatoms. The number of nitrogens with zero attached hydrogens (tertiary/aromatic N) is 4. The molecule has 4 rings (SSSR count). The van der Waals surface area contributed by atoms with E-state index in [9.17, 15) is 13.2 Å². The Morgan fingerprint density at radius 3 is 2.69 bits per heavy atom. The lowest BCUT2D eigenvalue weighted by atomic mass is 9.91. The molecule has 1 atom stereocenters. The van der Waals surface area contributed by atoms with Crippen LogP contribution >= 0.6 is 0 Å². The highest BCUT2D eigenvalue weighted by molar-refractivity contribution is 7.92. The maximum atomic E-state index is 12.7. The monoisotopic (exact) mass is 384 g/mol. The van der Waals surface area contributed by atoms with Crippen LogP contribution in [0.3, 0.4) is 0 Å². The topological polar surface area (TPSA) is 104 Å². The van der Waals surface area contributed by atoms with Crippen LogP contribution in [0.15, 0.2) is 12.7 Å². The first-order valence-electron chi connectivity index (χ1n) is 8.99. The van der Waals surface area contributed by atoms with E-state index < -0.39 is 20.7 Å². The van der Waals surface area contributed by atoms with Crippen molar-refractivity contribution in [3.63, 3.8) is 0 Å². The summed E-state index contributed by atoms with van der Waals surface area (Å²) in [5.41, 5.74) is -0.733. The zero-order valence-electron chi connectivity index (χ0n) is 14.6. The number of amides is 1. The highest BCUT2D eigenvalue weighted by Gasteiger charge is 2.53. The smallest absolute Gasteiger partial charge is 0.223 e. The van der Waals surface area contributed by atoms with Gasteiger partial charge in [0.25, 0.3) is 0 Å². The quantitative estimate of drug-likeness (QED) is 0.689. The molecule has 0 unspecified atom stereocenters. The van der Waals surface area contributed by atoms with Gasteiger partial charge in [0.1, 0.15) is 23.5 Å². The van der Waals surface area contributed by atoms with Gasteiger partial charge in [-0.2, -0.15) is 5.10 Å². The maximum Gasteiger partial charge on any atom is 0.223 e. The molecule has 0 aromatic carbocycles. The number of hydrogen-bond acceptors (Lipinski definition) is 7. The van der Waals surface area contributed by atoms with Crippen molar-refractivity contribution in [3.8, 4) is 0 Å². The van der Waals surface area contributed by atoms with Gasteiger partial charge in [-0.3, -0.25) is 9.48 Å². The number of ether oxygens (including phenoxy) is 2. The van der Waals surface area contributed by atoms with E-state index in [1.54, 1.807) is 4.90 Å². The van der Waals surface area contributed by atoms with Crippen LogP contribution in [0.1, 0.15) is 19.3 Å². The molecule has 9 nitrogen and oxygen atoms in total. The van der Waals surface area contributed by atoms with Gasteiger partial charge in [-0.15, -0.1) is 0 Å². The Morgan fingerprint density at radius 1 is 1.27 bits per heavy atom. The Kier molecular flexibility index (Phi) is 4.74. The van der Waals surface area contributed by atoms with Gasteiger partial charge in [0, 0.05) is 19.6 Å². The van der Waals surface area contributed by atoms with E-state index in [1.807, 2.05) is 0 Å². The van der Waals surface area contributed by atoms with Crippen LogP contribution in [-0.2, 0) is 30.7 Å². The summed E-state index contributed by atoms with van der Waals surface area (Å²) >= 11 is 0. The summed E-state index contributed by atoms with van der Waals surface area (Å²) in [7, 11) is -3.31. The molecule has 1 aromatic heterocycles. The van der Waals surface area contributed by atoms with Crippen molar-refractivity contribution in [1.29, 1.82) is 0 Å². The number of carbonyl (C=O) groups is 1. The second-order valence-corrected chi connectivity index (χ2v) is 9.83. The fourth-order valence-corrected chi connectivity index (χ4v) is 5.83. The van der Waals surface area contributed by atoms with Crippen molar-refractivity contribution in [2.75, 3.05) is 38.7 Å². The van der Waals surface area contributed by atoms with Crippen LogP contribution < -0.4 is 0 Å². The average molecular weight is 384 g/mol. The highest BCUT2D eigenvalue weighted by atomic mass is 32.2. The number of rotatable bonds is 4. The summed E-state index contributed by atoms with van der Waals surface area (Å²) in [6, 6.07) is 0. The minimum absolute atomic E-state index is 0.0413. The molecule has 0 bridgehead atoms. The van der Waals surface area contributed by atoms with Crippen LogP contribution in [0.25, 0.3) is 0 Å². The molecule has 144 valence electrons. The van der Waals surface area contributed by atoms with Crippen molar-refractivity contribution in [1.82, 2.24) is 19.7 Å². The molecule has 0 N–H and O–H groups in total. The molecule has 1 spiro atoms. The number of likely N-dealkylation sites (tertiary alicyclic amines) is 1. The first kappa shape index (κ1) is 17.9. The van der Waals surface area contributed by atoms with Crippen LogP contribution in [0, 0.1) is 5.92 Å². The molecule has 0 aliphatic carbocycles. The van der Waals surface area contributed by atoms with E-state index in [0.29, 0.717) is 25.4 Å². The largest absolute Gasteiger partial charge is 0.381 e. The molecule has 1 aromatic rings. The summed E-state index contributed by atoms with van der Waals surface area (Å²) in [5.74, 6) is 0.421. The second kappa shape index (κ2) is 6.90. The Bertz CT molecular complexity index is 739. The molecule has 0 radical (unpaired) electrons. The van der Waals surface area contributed by atoms with Crippen molar-refractivity contribution < 1.29 is 22.7 Å². The molecule has 3 aliphatic rings. The van der Waals surface area contributed by atoms with Crippen molar-refractivity contribution in [3.05, 3.63) is 12.7 Å². The molecule has 4 heterocycles. The van der Waals surface area contributed by atoms with E-state index in [2.05, 4.69) is 10.1 Å². The van der Waals surface area contributed by atoms with Gasteiger partial charge in [-0.1, -0.05) is 0 Å². The summed E-state index contributed by atoms with van der Waals surface area (Å²) in [4.78, 5) is 18.0. The van der Waals surface area contributed by atoms with Crippen LogP contribution in [0.4, 0.5) is 0 Å². The third-order valence-electron chi connectivity index (χ3n) is 5.52. The van der Waals surface area contributed by atoms with E-state index in [-0.39, 0.29) is 24.8 Å². The fourth-order valence-electron chi connectivity index (χ4n) is 3.94. The average Bonchev–Trinajstić information content (AvgIpc) is 3.08. The standard InChI is InChI=1S/C16H24N4O5S/c21-15(5-13-1-3-24-4-2-13)19-8-16(9-19)10-26(22,23)14(7-25-16)6-20-12-17-11-18-20/h11-14H,1-10H2/t14-/m0/s1. The van der Waals surface area contributed by atoms with Crippen LogP contribution in [0.2, 0.25) is 0 Å². The lowest BCUT2D eigenvalue weighted by molar-refractivity contribution is -0.166. The Balaban J connectivity index is 1.31. The lowest BCUT2D eigenvalue weighted by Crippen LogP contribution is -2.70. The minimum atomic E-state index is -3.31. The number of aromatic nitrogens is 3. The molecular formula is C16H24N4O5S. The Labute approximate surface area is 152 Å². The molecule has 3 fully saturated rings. The summed E-state index contributed by atoms with van der Waals surface area (Å²) in [6.07, 6.45) is 5.23. The Morgan fingerprint density at radius 2 is 2.04 bits per heavy atom. The van der Waals surface area contributed by atoms with Crippen LogP contribution in [0.5, 0.6) is 0 Å². The second-order valence-electron chi connectivity index (χ2n) is 7.55. The SMILES string of the molecule is O=C(CC1CCOCC1)N1CC2(C1)CS(=O)(=O)[C@@H](Cn1cncn1)CO2. The third kappa shape index (κ3) is 3.63. The first-order chi connectivity index (χ1) is 12.5. The van der Waals surface area contributed by atoms with E-state index in [4.69, 9.17) is 9.47 Å². The van der Waals surface area contributed by atoms with Gasteiger partial charge in [0.2, 0.25) is 5.91 Å². The van der Waals surface area contributed by atoms with E-state index in [1.165, 1.54) is 17.3 Å². The lowest BCUT2D eigenvalue weighted by Gasteiger charge is -2.52. The van der Waals surface area contributed by atoms with Gasteiger partial charge in [0.15, 0.2) is 9.84 Å². The summed E-state index contributed by atoms with van der Waals surface area (Å²) < 4.78 is 38.0. The first-order valence-corrected chi connectivity index (χ1v) is 10.7. The highest BCUT2D eigenvalue weighted by Crippen LogP contribution is 2.34. The predicted octanol–water partition coefficient (Wildman–Crippen LogP) is -0.511. The number of sulfone groups is 1. The molecule has 3 aliphatic heterocycles. The van der Waals surface area contributed by atoms with Gasteiger partial charge >= 0.3 is 0 Å². The molecule has 3 saturated heterocycles. The molecular weight excluding hydrogens is 360 g/mol. The molecule has 0 saturated carbocycles. The zero-order valence-corrected chi connectivity index (χ0v) is 15.4. The van der Waals surface area contributed by atoms with Gasteiger partial charge in [-0.05, 0) is 18.8 Å². The maximum absolute atomic E-state index is 12.7. The predicted molar refractivity (Wildman–Crippen MR) is 91.0 cm³/mol. The Hall–Kier alpha value is -1.52. The van der Waals surface area contributed by atoms with Gasteiger partial charge in [-0.25, -0.2) is 13.4 Å². The molecule has 1 amide bonds. The minimum Gasteiger partial charge on any atom is -0.381 e. The van der Waals surface area contributed by atoms with Gasteiger partial charge in [0.05, 0.1) is 32.0 Å². The van der Waals surface area contributed by atoms with Crippen molar-refractivity contribution in [2.45, 2.75) is 36.7 Å². The van der Waals surface area contributed by atoms with Crippen molar-refractivity contribution >= 4 is 15.7 Å². The van der Waals surface area contributed by atoms with E-state index in [0.717, 1.165) is 26.1 Å². The fraction of sp³-hybridized carbons (Fsp3) is 0.812. The van der Waals surface area contributed by atoms with E-state index >= 15 is 0 Å².